The maximum absolute atomic E-state index is 12.6. The largest absolute Gasteiger partial charge is 0.382 e. The van der Waals surface area contributed by atoms with E-state index in [1.165, 1.54) is 6.08 Å². The average Bonchev–Trinajstić information content (AvgIpc) is 2.80. The molecule has 0 radical (unpaired) electrons. The number of aromatic nitrogens is 2. The van der Waals surface area contributed by atoms with E-state index in [1.54, 1.807) is 30.7 Å². The van der Waals surface area contributed by atoms with E-state index in [0.29, 0.717) is 18.0 Å². The minimum absolute atomic E-state index is 0.0665. The first-order chi connectivity index (χ1) is 14.7. The van der Waals surface area contributed by atoms with Gasteiger partial charge in [-0.15, -0.1) is 0 Å². The average molecular weight is 397 g/mol. The summed E-state index contributed by atoms with van der Waals surface area (Å²) in [5.74, 6) is 0.0665. The lowest BCUT2D eigenvalue weighted by Gasteiger charge is -2.33. The summed E-state index contributed by atoms with van der Waals surface area (Å²) in [6.07, 6.45) is 12.8. The summed E-state index contributed by atoms with van der Waals surface area (Å²) in [5, 5.41) is 14.6. The Morgan fingerprint density at radius 1 is 1.17 bits per heavy atom. The number of carbonyl (C=O) groups is 1. The van der Waals surface area contributed by atoms with Crippen LogP contribution >= 0.6 is 0 Å². The number of nitrogens with zero attached hydrogens (tertiary/aromatic N) is 4. The van der Waals surface area contributed by atoms with E-state index in [0.717, 1.165) is 48.0 Å². The third-order valence-corrected chi connectivity index (χ3v) is 5.43. The normalized spacial score (nSPS) is 14.7. The second kappa shape index (κ2) is 9.19. The van der Waals surface area contributed by atoms with Gasteiger partial charge in [-0.3, -0.25) is 14.8 Å². The Hall–Kier alpha value is -3.72. The van der Waals surface area contributed by atoms with Gasteiger partial charge in [0.1, 0.15) is 0 Å². The highest BCUT2D eigenvalue weighted by Crippen LogP contribution is 2.28. The van der Waals surface area contributed by atoms with Gasteiger partial charge in [0.05, 0.1) is 6.07 Å². The molecule has 1 N–H and O–H groups in total. The van der Waals surface area contributed by atoms with Gasteiger partial charge in [0.2, 0.25) is 0 Å². The Bertz CT molecular complexity index is 1100. The molecular formula is C24H23N5O. The van der Waals surface area contributed by atoms with Gasteiger partial charge >= 0.3 is 0 Å². The standard InChI is InChI=1S/C24H23N5O/c25-9-2-1-3-18-15-20-6-12-27-17-22(20)23(16-18)28-21-7-13-29(14-8-21)24(30)19-4-10-26-11-5-19/h1-2,4-6,10-12,15-17,21,28H,3,7-8,13-14H2. The van der Waals surface area contributed by atoms with Crippen LogP contribution in [-0.2, 0) is 6.42 Å². The maximum atomic E-state index is 12.6. The number of piperidine rings is 1. The van der Waals surface area contributed by atoms with Crippen molar-refractivity contribution in [1.82, 2.24) is 14.9 Å². The van der Waals surface area contributed by atoms with E-state index < -0.39 is 0 Å². The number of amides is 1. The van der Waals surface area contributed by atoms with Crippen LogP contribution in [0.25, 0.3) is 10.8 Å². The van der Waals surface area contributed by atoms with Crippen molar-refractivity contribution < 1.29 is 4.79 Å². The molecule has 1 saturated heterocycles. The van der Waals surface area contributed by atoms with E-state index in [1.807, 2.05) is 29.3 Å². The highest BCUT2D eigenvalue weighted by Gasteiger charge is 2.24. The molecule has 6 heteroatoms. The summed E-state index contributed by atoms with van der Waals surface area (Å²) < 4.78 is 0. The highest BCUT2D eigenvalue weighted by atomic mass is 16.2. The van der Waals surface area contributed by atoms with Crippen molar-refractivity contribution in [3.05, 3.63) is 78.4 Å². The van der Waals surface area contributed by atoms with E-state index in [-0.39, 0.29) is 5.91 Å². The minimum Gasteiger partial charge on any atom is -0.382 e. The van der Waals surface area contributed by atoms with Crippen LogP contribution in [0.3, 0.4) is 0 Å². The number of rotatable bonds is 5. The van der Waals surface area contributed by atoms with E-state index >= 15 is 0 Å². The van der Waals surface area contributed by atoms with Crippen LogP contribution in [-0.4, -0.2) is 39.9 Å². The molecular weight excluding hydrogens is 374 g/mol. The number of fused-ring (bicyclic) bond motifs is 1. The number of nitrogens with one attached hydrogen (secondary N) is 1. The van der Waals surface area contributed by atoms with Gasteiger partial charge in [-0.1, -0.05) is 12.1 Å². The fraction of sp³-hybridized carbons (Fsp3) is 0.250. The molecule has 30 heavy (non-hydrogen) atoms. The maximum Gasteiger partial charge on any atom is 0.253 e. The number of likely N-dealkylation sites (tertiary alicyclic amines) is 1. The highest BCUT2D eigenvalue weighted by molar-refractivity contribution is 5.95. The first kappa shape index (κ1) is 19.6. The van der Waals surface area contributed by atoms with Crippen molar-refractivity contribution in [2.75, 3.05) is 18.4 Å². The van der Waals surface area contributed by atoms with Gasteiger partial charge in [0.15, 0.2) is 0 Å². The first-order valence-corrected chi connectivity index (χ1v) is 10.1. The van der Waals surface area contributed by atoms with Crippen molar-refractivity contribution in [2.45, 2.75) is 25.3 Å². The Labute approximate surface area is 175 Å². The Morgan fingerprint density at radius 2 is 1.93 bits per heavy atom. The smallest absolute Gasteiger partial charge is 0.253 e. The third-order valence-electron chi connectivity index (χ3n) is 5.43. The molecule has 1 amide bonds. The van der Waals surface area contributed by atoms with Crippen LogP contribution in [0.4, 0.5) is 5.69 Å². The zero-order valence-corrected chi connectivity index (χ0v) is 16.7. The van der Waals surface area contributed by atoms with Gasteiger partial charge in [-0.05, 0) is 54.5 Å². The van der Waals surface area contributed by atoms with E-state index in [2.05, 4.69) is 27.4 Å². The summed E-state index contributed by atoms with van der Waals surface area (Å²) in [7, 11) is 0. The SMILES string of the molecule is N#CC=CCc1cc(NC2CCN(C(=O)c3ccncc3)CC2)c2cnccc2c1. The zero-order valence-electron chi connectivity index (χ0n) is 16.7. The number of hydrogen-bond acceptors (Lipinski definition) is 5. The molecule has 6 nitrogen and oxygen atoms in total. The van der Waals surface area contributed by atoms with Crippen LogP contribution in [0.2, 0.25) is 0 Å². The molecule has 1 aromatic carbocycles. The molecule has 0 saturated carbocycles. The molecule has 0 unspecified atom stereocenters. The summed E-state index contributed by atoms with van der Waals surface area (Å²) in [4.78, 5) is 22.8. The number of allylic oxidation sites excluding steroid dienone is 2. The van der Waals surface area contributed by atoms with Crippen LogP contribution in [0.5, 0.6) is 0 Å². The molecule has 4 rings (SSSR count). The molecule has 150 valence electrons. The van der Waals surface area contributed by atoms with Crippen molar-refractivity contribution in [2.24, 2.45) is 0 Å². The summed E-state index contributed by atoms with van der Waals surface area (Å²) in [6.45, 7) is 1.44. The fourth-order valence-corrected chi connectivity index (χ4v) is 3.87. The van der Waals surface area contributed by atoms with Gasteiger partial charge in [0.25, 0.3) is 5.91 Å². The van der Waals surface area contributed by atoms with Gasteiger partial charge < -0.3 is 10.2 Å². The van der Waals surface area contributed by atoms with Crippen LogP contribution in [0, 0.1) is 11.3 Å². The summed E-state index contributed by atoms with van der Waals surface area (Å²) in [5.41, 5.74) is 2.89. The Balaban J connectivity index is 1.46. The number of carbonyl (C=O) groups excluding carboxylic acids is 1. The molecule has 2 aromatic heterocycles. The number of benzene rings is 1. The minimum atomic E-state index is 0.0665. The monoisotopic (exact) mass is 397 g/mol. The molecule has 1 aliphatic rings. The van der Waals surface area contributed by atoms with Gasteiger partial charge in [-0.25, -0.2) is 0 Å². The Kier molecular flexibility index (Phi) is 6.00. The number of nitriles is 1. The topological polar surface area (TPSA) is 81.9 Å². The number of anilines is 1. The lowest BCUT2D eigenvalue weighted by molar-refractivity contribution is 0.0718. The summed E-state index contributed by atoms with van der Waals surface area (Å²) in [6, 6.07) is 12.1. The number of pyridine rings is 2. The lowest BCUT2D eigenvalue weighted by Crippen LogP contribution is -2.42. The second-order valence-electron chi connectivity index (χ2n) is 7.42. The van der Waals surface area contributed by atoms with Crippen LogP contribution < -0.4 is 5.32 Å². The third kappa shape index (κ3) is 4.47. The van der Waals surface area contributed by atoms with Gasteiger partial charge in [0, 0.05) is 66.6 Å². The molecule has 0 atom stereocenters. The first-order valence-electron chi connectivity index (χ1n) is 10.1. The lowest BCUT2D eigenvalue weighted by atomic mass is 10.0. The van der Waals surface area contributed by atoms with E-state index in [9.17, 15) is 4.79 Å². The molecule has 3 aromatic rings. The Morgan fingerprint density at radius 3 is 2.70 bits per heavy atom. The molecule has 3 heterocycles. The number of hydrogen-bond donors (Lipinski definition) is 1. The van der Waals surface area contributed by atoms with Gasteiger partial charge in [-0.2, -0.15) is 5.26 Å². The predicted octanol–water partition coefficient (Wildman–Crippen LogP) is 3.97. The molecule has 1 aliphatic heterocycles. The quantitative estimate of drug-likeness (QED) is 0.659. The molecule has 0 bridgehead atoms. The van der Waals surface area contributed by atoms with Crippen molar-refractivity contribution >= 4 is 22.4 Å². The second-order valence-corrected chi connectivity index (χ2v) is 7.42. The van der Waals surface area contributed by atoms with Crippen LogP contribution in [0.15, 0.2) is 67.3 Å². The van der Waals surface area contributed by atoms with Crippen LogP contribution in [0.1, 0.15) is 28.8 Å². The van der Waals surface area contributed by atoms with Crippen molar-refractivity contribution in [3.8, 4) is 6.07 Å². The van der Waals surface area contributed by atoms with E-state index in [4.69, 9.17) is 5.26 Å². The molecule has 0 aliphatic carbocycles. The fourth-order valence-electron chi connectivity index (χ4n) is 3.87. The summed E-state index contributed by atoms with van der Waals surface area (Å²) >= 11 is 0. The molecule has 0 spiro atoms. The van der Waals surface area contributed by atoms with Crippen molar-refractivity contribution in [1.29, 1.82) is 5.26 Å². The molecule has 1 fully saturated rings. The van der Waals surface area contributed by atoms with Crippen molar-refractivity contribution in [3.63, 3.8) is 0 Å². The predicted molar refractivity (Wildman–Crippen MR) is 117 cm³/mol. The zero-order chi connectivity index (χ0) is 20.8.